The molecule has 0 saturated carbocycles. The number of hydrogen-bond donors (Lipinski definition) is 2. The van der Waals surface area contributed by atoms with Crippen LogP contribution in [0.5, 0.6) is 0 Å². The zero-order chi connectivity index (χ0) is 13.7. The first kappa shape index (κ1) is 14.2. The molecule has 3 N–H and O–H groups in total. The second-order valence-corrected chi connectivity index (χ2v) is 4.41. The van der Waals surface area contributed by atoms with E-state index in [1.165, 1.54) is 0 Å². The van der Waals surface area contributed by atoms with E-state index in [9.17, 15) is 9.59 Å². The number of amides is 1. The van der Waals surface area contributed by atoms with Crippen LogP contribution in [0.4, 0.5) is 0 Å². The number of aliphatic carboxylic acids is 1. The standard InChI is InChI=1S/C13H18N2O3/c1-9(2)15(8-12(16)17)7-10-5-3-4-6-11(10)13(14)18/h3-6,9H,7-8H2,1-2H3,(H2,14,18)(H,16,17). The van der Waals surface area contributed by atoms with Gasteiger partial charge in [0, 0.05) is 18.2 Å². The van der Waals surface area contributed by atoms with Gasteiger partial charge in [0.1, 0.15) is 0 Å². The molecule has 0 spiro atoms. The third-order valence-corrected chi connectivity index (χ3v) is 2.72. The molecular weight excluding hydrogens is 232 g/mol. The molecule has 98 valence electrons. The number of carbonyl (C=O) groups is 2. The van der Waals surface area contributed by atoms with E-state index in [0.717, 1.165) is 5.56 Å². The average Bonchev–Trinajstić information content (AvgIpc) is 2.27. The van der Waals surface area contributed by atoms with Crippen molar-refractivity contribution in [1.29, 1.82) is 0 Å². The maximum atomic E-state index is 11.3. The Balaban J connectivity index is 2.93. The molecule has 1 rings (SSSR count). The lowest BCUT2D eigenvalue weighted by molar-refractivity contribution is -0.138. The van der Waals surface area contributed by atoms with Gasteiger partial charge >= 0.3 is 5.97 Å². The van der Waals surface area contributed by atoms with Gasteiger partial charge in [-0.2, -0.15) is 0 Å². The number of carbonyl (C=O) groups excluding carboxylic acids is 1. The summed E-state index contributed by atoms with van der Waals surface area (Å²) in [4.78, 5) is 23.8. The summed E-state index contributed by atoms with van der Waals surface area (Å²) in [6.07, 6.45) is 0. The number of benzene rings is 1. The highest BCUT2D eigenvalue weighted by Crippen LogP contribution is 2.13. The summed E-state index contributed by atoms with van der Waals surface area (Å²) in [6, 6.07) is 7.05. The third kappa shape index (κ3) is 3.85. The lowest BCUT2D eigenvalue weighted by Gasteiger charge is -2.25. The molecule has 0 aromatic heterocycles. The number of nitrogens with two attached hydrogens (primary N) is 1. The van der Waals surface area contributed by atoms with Crippen molar-refractivity contribution >= 4 is 11.9 Å². The number of nitrogens with zero attached hydrogens (tertiary/aromatic N) is 1. The monoisotopic (exact) mass is 250 g/mol. The Bertz CT molecular complexity index is 444. The van der Waals surface area contributed by atoms with Crippen molar-refractivity contribution in [2.75, 3.05) is 6.54 Å². The maximum absolute atomic E-state index is 11.3. The summed E-state index contributed by atoms with van der Waals surface area (Å²) >= 11 is 0. The smallest absolute Gasteiger partial charge is 0.317 e. The van der Waals surface area contributed by atoms with Crippen LogP contribution in [0.2, 0.25) is 0 Å². The number of primary amides is 1. The lowest BCUT2D eigenvalue weighted by atomic mass is 10.1. The van der Waals surface area contributed by atoms with Gasteiger partial charge in [0.2, 0.25) is 5.91 Å². The molecule has 18 heavy (non-hydrogen) atoms. The molecule has 0 aliphatic carbocycles. The number of carboxylic acid groups (broad SMARTS) is 1. The van der Waals surface area contributed by atoms with Gasteiger partial charge in [0.15, 0.2) is 0 Å². The van der Waals surface area contributed by atoms with Crippen molar-refractivity contribution in [3.63, 3.8) is 0 Å². The topological polar surface area (TPSA) is 83.6 Å². The molecule has 0 saturated heterocycles. The minimum absolute atomic E-state index is 0.0647. The van der Waals surface area contributed by atoms with E-state index in [0.29, 0.717) is 12.1 Å². The van der Waals surface area contributed by atoms with Gasteiger partial charge in [-0.25, -0.2) is 0 Å². The van der Waals surface area contributed by atoms with Crippen LogP contribution in [-0.2, 0) is 11.3 Å². The molecule has 0 bridgehead atoms. The lowest BCUT2D eigenvalue weighted by Crippen LogP contribution is -2.35. The molecule has 5 heteroatoms. The summed E-state index contributed by atoms with van der Waals surface area (Å²) in [5.74, 6) is -1.38. The zero-order valence-corrected chi connectivity index (χ0v) is 10.6. The molecule has 1 aromatic carbocycles. The van der Waals surface area contributed by atoms with Gasteiger partial charge in [-0.1, -0.05) is 18.2 Å². The van der Waals surface area contributed by atoms with E-state index >= 15 is 0 Å². The first-order valence-electron chi connectivity index (χ1n) is 5.75. The van der Waals surface area contributed by atoms with Crippen molar-refractivity contribution in [2.24, 2.45) is 5.73 Å². The normalized spacial score (nSPS) is 10.9. The summed E-state index contributed by atoms with van der Waals surface area (Å²) in [6.45, 7) is 4.15. The van der Waals surface area contributed by atoms with E-state index in [1.54, 1.807) is 29.2 Å². The fraction of sp³-hybridized carbons (Fsp3) is 0.385. The molecule has 0 aliphatic rings. The highest BCUT2D eigenvalue weighted by molar-refractivity contribution is 5.94. The van der Waals surface area contributed by atoms with Crippen molar-refractivity contribution in [2.45, 2.75) is 26.4 Å². The fourth-order valence-electron chi connectivity index (χ4n) is 1.71. The van der Waals surface area contributed by atoms with Gasteiger partial charge in [-0.15, -0.1) is 0 Å². The van der Waals surface area contributed by atoms with E-state index in [1.807, 2.05) is 13.8 Å². The number of rotatable bonds is 6. The molecule has 0 aliphatic heterocycles. The predicted molar refractivity (Wildman–Crippen MR) is 68.1 cm³/mol. The molecule has 0 radical (unpaired) electrons. The highest BCUT2D eigenvalue weighted by Gasteiger charge is 2.16. The van der Waals surface area contributed by atoms with Crippen molar-refractivity contribution < 1.29 is 14.7 Å². The molecule has 0 atom stereocenters. The van der Waals surface area contributed by atoms with Crippen LogP contribution >= 0.6 is 0 Å². The summed E-state index contributed by atoms with van der Waals surface area (Å²) < 4.78 is 0. The average molecular weight is 250 g/mol. The first-order chi connectivity index (χ1) is 8.41. The van der Waals surface area contributed by atoms with E-state index < -0.39 is 11.9 Å². The second-order valence-electron chi connectivity index (χ2n) is 4.41. The molecule has 0 heterocycles. The Morgan fingerprint density at radius 2 is 1.94 bits per heavy atom. The summed E-state index contributed by atoms with van der Waals surface area (Å²) in [5.41, 5.74) is 6.48. The van der Waals surface area contributed by atoms with Crippen LogP contribution in [0.15, 0.2) is 24.3 Å². The van der Waals surface area contributed by atoms with Gasteiger partial charge in [0.25, 0.3) is 0 Å². The molecule has 1 amide bonds. The van der Waals surface area contributed by atoms with Gasteiger partial charge in [-0.05, 0) is 25.5 Å². The minimum atomic E-state index is -0.889. The van der Waals surface area contributed by atoms with Crippen molar-refractivity contribution in [1.82, 2.24) is 4.90 Å². The van der Waals surface area contributed by atoms with Crippen molar-refractivity contribution in [3.05, 3.63) is 35.4 Å². The summed E-state index contributed by atoms with van der Waals surface area (Å²) in [5, 5.41) is 8.86. The van der Waals surface area contributed by atoms with Gasteiger partial charge in [0.05, 0.1) is 6.54 Å². The van der Waals surface area contributed by atoms with Crippen LogP contribution in [0.3, 0.4) is 0 Å². The van der Waals surface area contributed by atoms with Gasteiger partial charge < -0.3 is 10.8 Å². The first-order valence-corrected chi connectivity index (χ1v) is 5.75. The van der Waals surface area contributed by atoms with E-state index in [-0.39, 0.29) is 12.6 Å². The predicted octanol–water partition coefficient (Wildman–Crippen LogP) is 1.08. The van der Waals surface area contributed by atoms with Crippen LogP contribution in [0.1, 0.15) is 29.8 Å². The Labute approximate surface area is 106 Å². The van der Waals surface area contributed by atoms with E-state index in [4.69, 9.17) is 10.8 Å². The molecule has 1 aromatic rings. The van der Waals surface area contributed by atoms with E-state index in [2.05, 4.69) is 0 Å². The quantitative estimate of drug-likeness (QED) is 0.791. The van der Waals surface area contributed by atoms with Crippen LogP contribution in [0, 0.1) is 0 Å². The molecule has 5 nitrogen and oxygen atoms in total. The molecular formula is C13H18N2O3. The SMILES string of the molecule is CC(C)N(CC(=O)O)Cc1ccccc1C(N)=O. The Hall–Kier alpha value is -1.88. The summed E-state index contributed by atoms with van der Waals surface area (Å²) in [7, 11) is 0. The van der Waals surface area contributed by atoms with Crippen LogP contribution < -0.4 is 5.73 Å². The van der Waals surface area contributed by atoms with Gasteiger partial charge in [-0.3, -0.25) is 14.5 Å². The molecule has 0 unspecified atom stereocenters. The minimum Gasteiger partial charge on any atom is -0.480 e. The molecule has 0 fully saturated rings. The fourth-order valence-corrected chi connectivity index (χ4v) is 1.71. The number of carboxylic acids is 1. The zero-order valence-electron chi connectivity index (χ0n) is 10.6. The second kappa shape index (κ2) is 6.16. The Morgan fingerprint density at radius 3 is 2.44 bits per heavy atom. The Morgan fingerprint density at radius 1 is 1.33 bits per heavy atom. The Kier molecular flexibility index (Phi) is 4.85. The number of hydrogen-bond acceptors (Lipinski definition) is 3. The highest BCUT2D eigenvalue weighted by atomic mass is 16.4. The van der Waals surface area contributed by atoms with Crippen molar-refractivity contribution in [3.8, 4) is 0 Å². The largest absolute Gasteiger partial charge is 0.480 e. The van der Waals surface area contributed by atoms with Crippen LogP contribution in [-0.4, -0.2) is 34.5 Å². The maximum Gasteiger partial charge on any atom is 0.317 e. The third-order valence-electron chi connectivity index (χ3n) is 2.72. The van der Waals surface area contributed by atoms with Crippen LogP contribution in [0.25, 0.3) is 0 Å².